The van der Waals surface area contributed by atoms with E-state index in [0.29, 0.717) is 5.76 Å². The smallest absolute Gasteiger partial charge is 0.288 e. The first-order valence-electron chi connectivity index (χ1n) is 8.24. The molecule has 1 aliphatic rings. The standard InChI is InChI=1S/C17H17N3O6S2/c21-15-11-27-17(23)20(15)8-7-18-16(22)12-3-5-14(6-4-12)28(24,25)19-10-13-2-1-9-26-13/h1-6,9,19H,7-8,10-11H2,(H,18,22). The molecule has 3 amide bonds. The van der Waals surface area contributed by atoms with Gasteiger partial charge in [0.25, 0.3) is 11.1 Å². The van der Waals surface area contributed by atoms with Crippen LogP contribution in [0, 0.1) is 0 Å². The Morgan fingerprint density at radius 1 is 1.18 bits per heavy atom. The zero-order chi connectivity index (χ0) is 20.1. The van der Waals surface area contributed by atoms with E-state index in [2.05, 4.69) is 10.0 Å². The molecule has 0 atom stereocenters. The first kappa shape index (κ1) is 20.1. The largest absolute Gasteiger partial charge is 0.468 e. The molecular weight excluding hydrogens is 406 g/mol. The van der Waals surface area contributed by atoms with Crippen LogP contribution in [0.1, 0.15) is 16.1 Å². The highest BCUT2D eigenvalue weighted by Gasteiger charge is 2.29. The lowest BCUT2D eigenvalue weighted by Crippen LogP contribution is -2.37. The molecular formula is C17H17N3O6S2. The average molecular weight is 423 g/mol. The van der Waals surface area contributed by atoms with Gasteiger partial charge >= 0.3 is 0 Å². The molecule has 1 aromatic carbocycles. The Morgan fingerprint density at radius 3 is 2.54 bits per heavy atom. The van der Waals surface area contributed by atoms with Crippen LogP contribution in [0.25, 0.3) is 0 Å². The van der Waals surface area contributed by atoms with Crippen LogP contribution in [0.3, 0.4) is 0 Å². The second kappa shape index (κ2) is 8.59. The molecule has 1 fully saturated rings. The number of carbonyl (C=O) groups is 3. The number of nitrogens with one attached hydrogen (secondary N) is 2. The van der Waals surface area contributed by atoms with Gasteiger partial charge in [0, 0.05) is 18.7 Å². The molecule has 11 heteroatoms. The molecule has 2 N–H and O–H groups in total. The van der Waals surface area contributed by atoms with Crippen molar-refractivity contribution in [2.45, 2.75) is 11.4 Å². The van der Waals surface area contributed by atoms with Crippen molar-refractivity contribution in [1.29, 1.82) is 0 Å². The quantitative estimate of drug-likeness (QED) is 0.653. The lowest BCUT2D eigenvalue weighted by molar-refractivity contribution is -0.124. The van der Waals surface area contributed by atoms with Gasteiger partial charge in [-0.15, -0.1) is 0 Å². The van der Waals surface area contributed by atoms with E-state index in [1.54, 1.807) is 12.1 Å². The van der Waals surface area contributed by atoms with Crippen LogP contribution in [-0.2, 0) is 21.4 Å². The third kappa shape index (κ3) is 4.80. The zero-order valence-corrected chi connectivity index (χ0v) is 16.2. The molecule has 0 bridgehead atoms. The van der Waals surface area contributed by atoms with Crippen LogP contribution in [0.4, 0.5) is 4.79 Å². The molecule has 0 spiro atoms. The number of amides is 3. The molecule has 2 aromatic rings. The van der Waals surface area contributed by atoms with E-state index in [1.807, 2.05) is 0 Å². The number of imide groups is 1. The molecule has 0 unspecified atom stereocenters. The molecule has 9 nitrogen and oxygen atoms in total. The Hall–Kier alpha value is -2.63. The maximum absolute atomic E-state index is 12.3. The number of hydrogen-bond acceptors (Lipinski definition) is 7. The minimum atomic E-state index is -3.74. The van der Waals surface area contributed by atoms with Gasteiger partial charge < -0.3 is 9.73 Å². The predicted octanol–water partition coefficient (Wildman–Crippen LogP) is 1.18. The maximum atomic E-state index is 12.3. The molecule has 1 aromatic heterocycles. The summed E-state index contributed by atoms with van der Waals surface area (Å²) < 4.78 is 32.0. The van der Waals surface area contributed by atoms with Crippen LogP contribution in [0.15, 0.2) is 52.0 Å². The predicted molar refractivity (Wildman–Crippen MR) is 101 cm³/mol. The number of benzene rings is 1. The van der Waals surface area contributed by atoms with Crippen LogP contribution in [0.5, 0.6) is 0 Å². The van der Waals surface area contributed by atoms with E-state index in [9.17, 15) is 22.8 Å². The van der Waals surface area contributed by atoms with E-state index >= 15 is 0 Å². The van der Waals surface area contributed by atoms with Gasteiger partial charge in [0.1, 0.15) is 5.76 Å². The third-order valence-corrected chi connectivity index (χ3v) is 6.18. The Labute approximate surface area is 165 Å². The number of nitrogens with zero attached hydrogens (tertiary/aromatic N) is 1. The summed E-state index contributed by atoms with van der Waals surface area (Å²) in [6, 6.07) is 8.73. The fourth-order valence-electron chi connectivity index (χ4n) is 2.43. The first-order chi connectivity index (χ1) is 13.4. The van der Waals surface area contributed by atoms with Gasteiger partial charge in [-0.25, -0.2) is 13.1 Å². The number of rotatable bonds is 8. The van der Waals surface area contributed by atoms with Gasteiger partial charge in [-0.1, -0.05) is 11.8 Å². The number of hydrogen-bond donors (Lipinski definition) is 2. The maximum Gasteiger partial charge on any atom is 0.288 e. The Kier molecular flexibility index (Phi) is 6.17. The fourth-order valence-corrected chi connectivity index (χ4v) is 4.17. The van der Waals surface area contributed by atoms with Crippen molar-refractivity contribution in [3.63, 3.8) is 0 Å². The normalized spacial score (nSPS) is 14.5. The van der Waals surface area contributed by atoms with Crippen molar-refractivity contribution >= 4 is 38.8 Å². The monoisotopic (exact) mass is 423 g/mol. The summed E-state index contributed by atoms with van der Waals surface area (Å²) in [5, 5.41) is 2.27. The Balaban J connectivity index is 1.53. The summed E-state index contributed by atoms with van der Waals surface area (Å²) >= 11 is 0.932. The van der Waals surface area contributed by atoms with Crippen LogP contribution in [0.2, 0.25) is 0 Å². The zero-order valence-electron chi connectivity index (χ0n) is 14.6. The third-order valence-electron chi connectivity index (χ3n) is 3.90. The lowest BCUT2D eigenvalue weighted by Gasteiger charge is -2.13. The lowest BCUT2D eigenvalue weighted by atomic mass is 10.2. The van der Waals surface area contributed by atoms with Gasteiger partial charge in [0.15, 0.2) is 0 Å². The molecule has 28 heavy (non-hydrogen) atoms. The molecule has 3 rings (SSSR count). The molecule has 1 saturated heterocycles. The van der Waals surface area contributed by atoms with E-state index in [4.69, 9.17) is 4.42 Å². The van der Waals surface area contributed by atoms with Crippen LogP contribution in [-0.4, -0.2) is 49.2 Å². The highest BCUT2D eigenvalue weighted by molar-refractivity contribution is 8.14. The van der Waals surface area contributed by atoms with Crippen molar-refractivity contribution in [1.82, 2.24) is 14.9 Å². The van der Waals surface area contributed by atoms with Gasteiger partial charge in [-0.3, -0.25) is 19.3 Å². The highest BCUT2D eigenvalue weighted by atomic mass is 32.2. The van der Waals surface area contributed by atoms with Gasteiger partial charge in [-0.2, -0.15) is 0 Å². The van der Waals surface area contributed by atoms with Crippen LogP contribution >= 0.6 is 11.8 Å². The summed E-state index contributed by atoms with van der Waals surface area (Å²) in [5.74, 6) is -0.107. The van der Waals surface area contributed by atoms with Gasteiger partial charge in [0.2, 0.25) is 15.9 Å². The van der Waals surface area contributed by atoms with Crippen molar-refractivity contribution in [2.24, 2.45) is 0 Å². The summed E-state index contributed by atoms with van der Waals surface area (Å²) in [6.45, 7) is 0.227. The second-order valence-corrected chi connectivity index (χ2v) is 8.48. The Morgan fingerprint density at radius 2 is 1.93 bits per heavy atom. The van der Waals surface area contributed by atoms with E-state index in [1.165, 1.54) is 30.5 Å². The summed E-state index contributed by atoms with van der Waals surface area (Å²) in [4.78, 5) is 36.2. The molecule has 1 aliphatic heterocycles. The van der Waals surface area contributed by atoms with Crippen molar-refractivity contribution in [2.75, 3.05) is 18.8 Å². The van der Waals surface area contributed by atoms with Gasteiger partial charge in [0.05, 0.1) is 23.5 Å². The summed E-state index contributed by atoms with van der Waals surface area (Å²) in [7, 11) is -3.74. The molecule has 148 valence electrons. The highest BCUT2D eigenvalue weighted by Crippen LogP contribution is 2.17. The van der Waals surface area contributed by atoms with Gasteiger partial charge in [-0.05, 0) is 36.4 Å². The first-order valence-corrected chi connectivity index (χ1v) is 10.7. The SMILES string of the molecule is O=C(NCCN1C(=O)CSC1=O)c1ccc(S(=O)(=O)NCc2ccco2)cc1. The summed E-state index contributed by atoms with van der Waals surface area (Å²) in [5.41, 5.74) is 0.262. The minimum absolute atomic E-state index is 0.0147. The summed E-state index contributed by atoms with van der Waals surface area (Å²) in [6.07, 6.45) is 1.45. The number of furan rings is 1. The fraction of sp³-hybridized carbons (Fsp3) is 0.235. The number of thioether (sulfide) groups is 1. The van der Waals surface area contributed by atoms with E-state index in [-0.39, 0.29) is 47.0 Å². The molecule has 0 saturated carbocycles. The van der Waals surface area contributed by atoms with E-state index in [0.717, 1.165) is 16.7 Å². The van der Waals surface area contributed by atoms with E-state index < -0.39 is 15.9 Å². The average Bonchev–Trinajstić information content (AvgIpc) is 3.31. The second-order valence-electron chi connectivity index (χ2n) is 5.78. The van der Waals surface area contributed by atoms with Crippen molar-refractivity contribution in [3.8, 4) is 0 Å². The van der Waals surface area contributed by atoms with Crippen molar-refractivity contribution < 1.29 is 27.2 Å². The number of sulfonamides is 1. The molecule has 0 aliphatic carbocycles. The Bertz CT molecular complexity index is 955. The topological polar surface area (TPSA) is 126 Å². The molecule has 0 radical (unpaired) electrons. The minimum Gasteiger partial charge on any atom is -0.468 e. The molecule has 2 heterocycles. The number of carbonyl (C=O) groups excluding carboxylic acids is 3. The van der Waals surface area contributed by atoms with Crippen molar-refractivity contribution in [3.05, 3.63) is 54.0 Å². The van der Waals surface area contributed by atoms with Crippen LogP contribution < -0.4 is 10.0 Å².